The van der Waals surface area contributed by atoms with E-state index in [1.165, 1.54) is 11.8 Å². The minimum Gasteiger partial charge on any atom is -0.330 e. The van der Waals surface area contributed by atoms with Crippen molar-refractivity contribution >= 4 is 17.7 Å². The van der Waals surface area contributed by atoms with Crippen LogP contribution in [-0.2, 0) is 4.79 Å². The maximum atomic E-state index is 12.7. The molecule has 0 aromatic rings. The van der Waals surface area contributed by atoms with Crippen molar-refractivity contribution in [2.75, 3.05) is 25.4 Å². The number of nitrogens with one attached hydrogen (secondary N) is 1. The summed E-state index contributed by atoms with van der Waals surface area (Å²) in [6.07, 6.45) is -1.28. The van der Waals surface area contributed by atoms with E-state index in [4.69, 9.17) is 0 Å². The van der Waals surface area contributed by atoms with Gasteiger partial charge in [-0.2, -0.15) is 13.2 Å². The van der Waals surface area contributed by atoms with E-state index < -0.39 is 12.7 Å². The van der Waals surface area contributed by atoms with E-state index in [-0.39, 0.29) is 17.7 Å². The minimum atomic E-state index is -4.34. The van der Waals surface area contributed by atoms with Crippen LogP contribution in [0.25, 0.3) is 0 Å². The number of amides is 1. The zero-order chi connectivity index (χ0) is 15.9. The second-order valence-electron chi connectivity index (χ2n) is 5.37. The number of carbonyl (C=O) groups excluding carboxylic acids is 1. The first-order valence-electron chi connectivity index (χ1n) is 7.55. The smallest absolute Gasteiger partial charge is 0.330 e. The minimum absolute atomic E-state index is 0.150. The van der Waals surface area contributed by atoms with Crippen molar-refractivity contribution in [1.82, 2.24) is 10.2 Å². The number of piperidine rings is 1. The van der Waals surface area contributed by atoms with E-state index in [0.29, 0.717) is 18.1 Å². The molecule has 0 aliphatic carbocycles. The van der Waals surface area contributed by atoms with Crippen molar-refractivity contribution in [3.63, 3.8) is 0 Å². The molecule has 0 aromatic heterocycles. The fourth-order valence-corrected chi connectivity index (χ4v) is 3.69. The summed E-state index contributed by atoms with van der Waals surface area (Å²) < 4.78 is 38.1. The molecule has 7 heteroatoms. The second-order valence-corrected chi connectivity index (χ2v) is 6.66. The van der Waals surface area contributed by atoms with Crippen molar-refractivity contribution in [2.24, 2.45) is 0 Å². The molecule has 1 saturated heterocycles. The van der Waals surface area contributed by atoms with E-state index in [2.05, 4.69) is 5.32 Å². The van der Waals surface area contributed by atoms with Crippen LogP contribution in [0, 0.1) is 0 Å². The predicted molar refractivity (Wildman–Crippen MR) is 80.5 cm³/mol. The Morgan fingerprint density at radius 1 is 1.29 bits per heavy atom. The van der Waals surface area contributed by atoms with Crippen LogP contribution in [0.15, 0.2) is 0 Å². The van der Waals surface area contributed by atoms with Gasteiger partial charge >= 0.3 is 6.18 Å². The van der Waals surface area contributed by atoms with E-state index >= 15 is 0 Å². The molecule has 0 unspecified atom stereocenters. The summed E-state index contributed by atoms with van der Waals surface area (Å²) in [4.78, 5) is 13.2. The standard InChI is InChI=1S/C14H25F3N2OS/c1-3-11(4-2)19(10-14(15,16)17)13(20)9-21-12-5-7-18-8-6-12/h11-12,18H,3-10H2,1-2H3. The summed E-state index contributed by atoms with van der Waals surface area (Å²) in [5.74, 6) is -0.235. The van der Waals surface area contributed by atoms with Gasteiger partial charge in [0, 0.05) is 11.3 Å². The van der Waals surface area contributed by atoms with Gasteiger partial charge in [-0.3, -0.25) is 4.79 Å². The van der Waals surface area contributed by atoms with E-state index in [0.717, 1.165) is 30.8 Å². The maximum absolute atomic E-state index is 12.7. The van der Waals surface area contributed by atoms with E-state index in [1.807, 2.05) is 13.8 Å². The number of hydrogen-bond donors (Lipinski definition) is 1. The van der Waals surface area contributed by atoms with Gasteiger partial charge in [-0.05, 0) is 38.8 Å². The highest BCUT2D eigenvalue weighted by atomic mass is 32.2. The lowest BCUT2D eigenvalue weighted by atomic mass is 10.1. The van der Waals surface area contributed by atoms with Gasteiger partial charge in [-0.1, -0.05) is 13.8 Å². The molecule has 1 heterocycles. The number of hydrogen-bond acceptors (Lipinski definition) is 3. The number of nitrogens with zero attached hydrogens (tertiary/aromatic N) is 1. The highest BCUT2D eigenvalue weighted by Crippen LogP contribution is 2.24. The SMILES string of the molecule is CCC(CC)N(CC(F)(F)F)C(=O)CSC1CCNCC1. The molecule has 21 heavy (non-hydrogen) atoms. The van der Waals surface area contributed by atoms with E-state index in [1.54, 1.807) is 0 Å². The van der Waals surface area contributed by atoms with Crippen LogP contribution in [-0.4, -0.2) is 53.7 Å². The third-order valence-corrected chi connectivity index (χ3v) is 5.14. The molecular formula is C14H25F3N2OS. The van der Waals surface area contributed by atoms with Crippen LogP contribution < -0.4 is 5.32 Å². The summed E-state index contributed by atoms with van der Waals surface area (Å²) in [6, 6.07) is -0.326. The van der Waals surface area contributed by atoms with Gasteiger partial charge in [0.1, 0.15) is 6.54 Å². The number of rotatable bonds is 7. The summed E-state index contributed by atoms with van der Waals surface area (Å²) in [5.41, 5.74) is 0. The van der Waals surface area contributed by atoms with Crippen molar-refractivity contribution in [2.45, 2.75) is 57.0 Å². The number of thioether (sulfide) groups is 1. The number of alkyl halides is 3. The molecule has 0 spiro atoms. The van der Waals surface area contributed by atoms with Gasteiger partial charge in [0.2, 0.25) is 5.91 Å². The maximum Gasteiger partial charge on any atom is 0.406 e. The first kappa shape index (κ1) is 18.6. The lowest BCUT2D eigenvalue weighted by Crippen LogP contribution is -2.46. The van der Waals surface area contributed by atoms with Crippen LogP contribution in [0.1, 0.15) is 39.5 Å². The van der Waals surface area contributed by atoms with Gasteiger partial charge in [0.05, 0.1) is 5.75 Å². The average molecular weight is 326 g/mol. The first-order valence-corrected chi connectivity index (χ1v) is 8.60. The molecular weight excluding hydrogens is 301 g/mol. The Bertz CT molecular complexity index is 316. The molecule has 124 valence electrons. The Hall–Kier alpha value is -0.430. The molecule has 0 saturated carbocycles. The Morgan fingerprint density at radius 3 is 2.33 bits per heavy atom. The lowest BCUT2D eigenvalue weighted by molar-refractivity contribution is -0.164. The Labute approximate surface area is 129 Å². The van der Waals surface area contributed by atoms with Crippen molar-refractivity contribution < 1.29 is 18.0 Å². The predicted octanol–water partition coefficient (Wildman–Crippen LogP) is 3.05. The molecule has 1 fully saturated rings. The fourth-order valence-electron chi connectivity index (χ4n) is 2.58. The normalized spacial score (nSPS) is 17.2. The Balaban J connectivity index is 2.56. The van der Waals surface area contributed by atoms with Gasteiger partial charge in [0.25, 0.3) is 0 Å². The van der Waals surface area contributed by atoms with Crippen LogP contribution in [0.2, 0.25) is 0 Å². The molecule has 3 nitrogen and oxygen atoms in total. The molecule has 1 aliphatic heterocycles. The summed E-state index contributed by atoms with van der Waals surface area (Å²) >= 11 is 1.50. The van der Waals surface area contributed by atoms with Crippen molar-refractivity contribution in [1.29, 1.82) is 0 Å². The zero-order valence-electron chi connectivity index (χ0n) is 12.7. The first-order chi connectivity index (χ1) is 9.87. The van der Waals surface area contributed by atoms with Gasteiger partial charge < -0.3 is 10.2 Å². The Kier molecular flexibility index (Phi) is 7.87. The number of carbonyl (C=O) groups is 1. The summed E-state index contributed by atoms with van der Waals surface area (Å²) in [7, 11) is 0. The monoisotopic (exact) mass is 326 g/mol. The molecule has 0 atom stereocenters. The summed E-state index contributed by atoms with van der Waals surface area (Å²) in [6.45, 7) is 4.36. The largest absolute Gasteiger partial charge is 0.406 e. The van der Waals surface area contributed by atoms with Crippen LogP contribution in [0.3, 0.4) is 0 Å². The third-order valence-electron chi connectivity index (χ3n) is 3.78. The molecule has 1 amide bonds. The fraction of sp³-hybridized carbons (Fsp3) is 0.929. The molecule has 1 aliphatic rings. The second kappa shape index (κ2) is 8.88. The molecule has 0 bridgehead atoms. The topological polar surface area (TPSA) is 32.3 Å². The average Bonchev–Trinajstić information content (AvgIpc) is 2.45. The van der Waals surface area contributed by atoms with Crippen molar-refractivity contribution in [3.05, 3.63) is 0 Å². The number of halogens is 3. The van der Waals surface area contributed by atoms with Crippen LogP contribution in [0.5, 0.6) is 0 Å². The van der Waals surface area contributed by atoms with Crippen molar-refractivity contribution in [3.8, 4) is 0 Å². The molecule has 0 radical (unpaired) electrons. The lowest BCUT2D eigenvalue weighted by Gasteiger charge is -2.32. The molecule has 0 aromatic carbocycles. The van der Waals surface area contributed by atoms with Gasteiger partial charge in [-0.15, -0.1) is 11.8 Å². The molecule has 1 rings (SSSR count). The van der Waals surface area contributed by atoms with E-state index in [9.17, 15) is 18.0 Å². The van der Waals surface area contributed by atoms with Crippen LogP contribution in [0.4, 0.5) is 13.2 Å². The third kappa shape index (κ3) is 6.91. The zero-order valence-corrected chi connectivity index (χ0v) is 13.5. The highest BCUT2D eigenvalue weighted by Gasteiger charge is 2.35. The van der Waals surface area contributed by atoms with Gasteiger partial charge in [0.15, 0.2) is 0 Å². The van der Waals surface area contributed by atoms with Gasteiger partial charge in [-0.25, -0.2) is 0 Å². The van der Waals surface area contributed by atoms with Crippen LogP contribution >= 0.6 is 11.8 Å². The molecule has 1 N–H and O–H groups in total. The highest BCUT2D eigenvalue weighted by molar-refractivity contribution is 8.00. The Morgan fingerprint density at radius 2 is 1.86 bits per heavy atom. The summed E-state index contributed by atoms with van der Waals surface area (Å²) in [5, 5.41) is 3.61. The quantitative estimate of drug-likeness (QED) is 0.780.